The summed E-state index contributed by atoms with van der Waals surface area (Å²) in [6.07, 6.45) is 7.19. The van der Waals surface area contributed by atoms with E-state index in [0.717, 1.165) is 65.4 Å². The SMILES string of the molecule is Cc1c(-c2cccnc2C(=O)OC(C)(C)C)c(-c2cc3cccc(C(=O)Nc4nc5ccccc5s4)c3[nH]2)nn1CC12CC3(C)CC(C)(C1)CC(OCCNC(=O)OC(C)(C)C)(C3)C2. The molecule has 2 atom stereocenters. The van der Waals surface area contributed by atoms with Crippen molar-refractivity contribution in [2.45, 2.75) is 124 Å². The first-order valence-electron chi connectivity index (χ1n) is 22.3. The predicted octanol–water partition coefficient (Wildman–Crippen LogP) is 10.9. The van der Waals surface area contributed by atoms with Crippen LogP contribution in [0.1, 0.15) is 120 Å². The number of alkyl carbamates (subject to hydrolysis) is 1. The molecule has 0 aliphatic heterocycles. The van der Waals surface area contributed by atoms with E-state index >= 15 is 0 Å². The summed E-state index contributed by atoms with van der Waals surface area (Å²) in [4.78, 5) is 53.1. The van der Waals surface area contributed by atoms with E-state index in [0.29, 0.717) is 52.9 Å². The molecule has 4 aliphatic rings. The number of esters is 1. The molecule has 336 valence electrons. The van der Waals surface area contributed by atoms with Crippen molar-refractivity contribution in [2.24, 2.45) is 16.2 Å². The lowest BCUT2D eigenvalue weighted by Gasteiger charge is -2.69. The van der Waals surface area contributed by atoms with Crippen LogP contribution in [0.15, 0.2) is 66.9 Å². The Morgan fingerprint density at radius 2 is 1.61 bits per heavy atom. The summed E-state index contributed by atoms with van der Waals surface area (Å²) in [6.45, 7) is 19.4. The highest BCUT2D eigenvalue weighted by Gasteiger charge is 2.66. The molecule has 3 N–H and O–H groups in total. The third-order valence-electron chi connectivity index (χ3n) is 12.9. The first-order chi connectivity index (χ1) is 30.1. The van der Waals surface area contributed by atoms with Crippen molar-refractivity contribution in [3.05, 3.63) is 83.8 Å². The molecule has 4 bridgehead atoms. The van der Waals surface area contributed by atoms with Crippen LogP contribution in [0.25, 0.3) is 43.6 Å². The lowest BCUT2D eigenvalue weighted by Crippen LogP contribution is -2.64. The minimum absolute atomic E-state index is 0.0710. The van der Waals surface area contributed by atoms with E-state index in [1.807, 2.05) is 96.1 Å². The largest absolute Gasteiger partial charge is 0.455 e. The number of ether oxygens (including phenoxy) is 3. The molecule has 4 aliphatic carbocycles. The maximum absolute atomic E-state index is 13.9. The first-order valence-corrected chi connectivity index (χ1v) is 23.1. The van der Waals surface area contributed by atoms with E-state index in [-0.39, 0.29) is 33.4 Å². The number of aromatic nitrogens is 5. The van der Waals surface area contributed by atoms with Gasteiger partial charge in [-0.15, -0.1) is 0 Å². The van der Waals surface area contributed by atoms with Crippen molar-refractivity contribution in [1.29, 1.82) is 0 Å². The van der Waals surface area contributed by atoms with Gasteiger partial charge in [-0.25, -0.2) is 19.6 Å². The average molecular weight is 886 g/mol. The van der Waals surface area contributed by atoms with Crippen LogP contribution in [0, 0.1) is 23.2 Å². The fourth-order valence-electron chi connectivity index (χ4n) is 12.1. The van der Waals surface area contributed by atoms with Crippen molar-refractivity contribution < 1.29 is 28.6 Å². The van der Waals surface area contributed by atoms with Gasteiger partial charge in [0.1, 0.15) is 16.9 Å². The number of benzene rings is 2. The minimum Gasteiger partial charge on any atom is -0.455 e. The van der Waals surface area contributed by atoms with Gasteiger partial charge in [-0.3, -0.25) is 14.8 Å². The number of hydrogen-bond acceptors (Lipinski definition) is 10. The third kappa shape index (κ3) is 8.66. The molecule has 4 heterocycles. The second-order valence-electron chi connectivity index (χ2n) is 21.4. The summed E-state index contributed by atoms with van der Waals surface area (Å²) in [5.74, 6) is -0.797. The molecule has 14 heteroatoms. The van der Waals surface area contributed by atoms with Gasteiger partial charge in [0.15, 0.2) is 10.8 Å². The van der Waals surface area contributed by atoms with Gasteiger partial charge in [0, 0.05) is 41.5 Å². The van der Waals surface area contributed by atoms with E-state index in [1.54, 1.807) is 12.3 Å². The topological polar surface area (TPSA) is 162 Å². The number of thiazole rings is 1. The number of pyridine rings is 1. The Morgan fingerprint density at radius 3 is 2.33 bits per heavy atom. The van der Waals surface area contributed by atoms with Crippen molar-refractivity contribution in [3.63, 3.8) is 0 Å². The number of hydrogen-bond donors (Lipinski definition) is 3. The Labute approximate surface area is 378 Å². The molecular weight excluding hydrogens is 827 g/mol. The monoisotopic (exact) mass is 885 g/mol. The van der Waals surface area contributed by atoms with Crippen molar-refractivity contribution in [2.75, 3.05) is 18.5 Å². The van der Waals surface area contributed by atoms with E-state index in [2.05, 4.69) is 51.0 Å². The normalized spacial score (nSPS) is 24.0. The molecule has 2 unspecified atom stereocenters. The Balaban J connectivity index is 1.09. The summed E-state index contributed by atoms with van der Waals surface area (Å²) in [7, 11) is 0. The van der Waals surface area contributed by atoms with Crippen LogP contribution < -0.4 is 10.6 Å². The summed E-state index contributed by atoms with van der Waals surface area (Å²) in [5.41, 5.74) is 4.15. The van der Waals surface area contributed by atoms with Crippen LogP contribution in [0.4, 0.5) is 9.93 Å². The lowest BCUT2D eigenvalue weighted by atomic mass is 9.39. The maximum Gasteiger partial charge on any atom is 0.407 e. The smallest absolute Gasteiger partial charge is 0.407 e. The summed E-state index contributed by atoms with van der Waals surface area (Å²) in [5, 5.41) is 12.7. The molecule has 13 nitrogen and oxygen atoms in total. The van der Waals surface area contributed by atoms with Crippen molar-refractivity contribution >= 4 is 55.6 Å². The fraction of sp³-hybridized carbons (Fsp3) is 0.480. The van der Waals surface area contributed by atoms with Crippen molar-refractivity contribution in [3.8, 4) is 22.5 Å². The van der Waals surface area contributed by atoms with Gasteiger partial charge in [-0.2, -0.15) is 5.10 Å². The number of aromatic amines is 1. The number of anilines is 1. The number of para-hydroxylation sites is 2. The van der Waals surface area contributed by atoms with Crippen LogP contribution in [0.5, 0.6) is 0 Å². The van der Waals surface area contributed by atoms with Crippen LogP contribution in [-0.2, 0) is 20.8 Å². The van der Waals surface area contributed by atoms with Gasteiger partial charge >= 0.3 is 12.1 Å². The Kier molecular flexibility index (Phi) is 10.6. The number of fused-ring (bicyclic) bond motifs is 2. The Bertz CT molecular complexity index is 2760. The van der Waals surface area contributed by atoms with Crippen molar-refractivity contribution in [1.82, 2.24) is 30.0 Å². The predicted molar refractivity (Wildman–Crippen MR) is 249 cm³/mol. The Morgan fingerprint density at radius 1 is 0.875 bits per heavy atom. The number of carbonyl (C=O) groups excluding carboxylic acids is 3. The maximum atomic E-state index is 13.9. The summed E-state index contributed by atoms with van der Waals surface area (Å²) in [6, 6.07) is 19.2. The van der Waals surface area contributed by atoms with Gasteiger partial charge in [-0.1, -0.05) is 55.5 Å². The zero-order chi connectivity index (χ0) is 45.5. The van der Waals surface area contributed by atoms with Crippen LogP contribution in [0.3, 0.4) is 0 Å². The Hall–Kier alpha value is -5.60. The standard InChI is InChI=1S/C50H59N7O6S/c1-30-37(32-16-13-19-51-39(32)42(59)62-45(2,3)4)40(35-22-31-14-12-15-33(38(31)53-35)41(58)55-43-54-34-17-10-11-18-36(34)64-43)56-57(30)29-49-24-47(8)23-48(9,25-49)27-50(26-47,28-49)61-21-20-52-44(60)63-46(5,6)7/h10-19,22,53H,20-21,23-29H2,1-9H3,(H,52,60)(H,54,55,58). The number of rotatable bonds is 11. The molecular formula is C50H59N7O6S. The van der Waals surface area contributed by atoms with E-state index < -0.39 is 23.3 Å². The highest BCUT2D eigenvalue weighted by atomic mass is 32.1. The average Bonchev–Trinajstić information content (AvgIpc) is 3.88. The van der Waals surface area contributed by atoms with Crippen LogP contribution in [-0.4, -0.2) is 72.7 Å². The third-order valence-corrected chi connectivity index (χ3v) is 13.8. The van der Waals surface area contributed by atoms with E-state index in [9.17, 15) is 14.4 Å². The number of H-pyrrole nitrogens is 1. The molecule has 4 aromatic heterocycles. The molecule has 10 rings (SSSR count). The minimum atomic E-state index is -0.734. The van der Waals surface area contributed by atoms with Gasteiger partial charge in [0.2, 0.25) is 0 Å². The fourth-order valence-corrected chi connectivity index (χ4v) is 12.9. The molecule has 0 saturated heterocycles. The summed E-state index contributed by atoms with van der Waals surface area (Å²) < 4.78 is 21.4. The lowest BCUT2D eigenvalue weighted by molar-refractivity contribution is -0.247. The number of carbonyl (C=O) groups is 3. The molecule has 0 spiro atoms. The zero-order valence-corrected chi connectivity index (χ0v) is 39.2. The molecule has 6 aromatic rings. The molecule has 4 saturated carbocycles. The van der Waals surface area contributed by atoms with Gasteiger partial charge in [0.25, 0.3) is 5.91 Å². The summed E-state index contributed by atoms with van der Waals surface area (Å²) >= 11 is 1.43. The highest BCUT2D eigenvalue weighted by molar-refractivity contribution is 7.22. The zero-order valence-electron chi connectivity index (χ0n) is 38.4. The molecule has 2 aromatic carbocycles. The number of nitrogens with one attached hydrogen (secondary N) is 3. The van der Waals surface area contributed by atoms with Crippen LogP contribution >= 0.6 is 11.3 Å². The quantitative estimate of drug-likeness (QED) is 0.0849. The number of amides is 2. The van der Waals surface area contributed by atoms with Gasteiger partial charge < -0.3 is 24.5 Å². The first kappa shape index (κ1) is 43.6. The van der Waals surface area contributed by atoms with E-state index in [4.69, 9.17) is 19.3 Å². The van der Waals surface area contributed by atoms with Crippen LogP contribution in [0.2, 0.25) is 0 Å². The highest BCUT2D eigenvalue weighted by Crippen LogP contribution is 2.72. The second-order valence-corrected chi connectivity index (χ2v) is 22.4. The number of nitrogens with zero attached hydrogens (tertiary/aromatic N) is 4. The molecule has 64 heavy (non-hydrogen) atoms. The van der Waals surface area contributed by atoms with E-state index in [1.165, 1.54) is 11.3 Å². The molecule has 4 fully saturated rings. The second kappa shape index (κ2) is 15.5. The molecule has 2 amide bonds. The van der Waals surface area contributed by atoms with Gasteiger partial charge in [0.05, 0.1) is 39.2 Å². The van der Waals surface area contributed by atoms with Gasteiger partial charge in [-0.05, 0) is 134 Å². The molecule has 0 radical (unpaired) electrons.